The number of aliphatic hydroxyl groups excluding tert-OH is 4. The first-order chi connectivity index (χ1) is 11.4. The van der Waals surface area contributed by atoms with Crippen molar-refractivity contribution in [2.24, 2.45) is 0 Å². The van der Waals surface area contributed by atoms with Crippen LogP contribution < -0.4 is 0 Å². The Labute approximate surface area is 137 Å². The van der Waals surface area contributed by atoms with Gasteiger partial charge < -0.3 is 45.2 Å². The summed E-state index contributed by atoms with van der Waals surface area (Å²) in [5.74, 6) is -9.41. The van der Waals surface area contributed by atoms with Gasteiger partial charge in [-0.15, -0.1) is 0 Å². The summed E-state index contributed by atoms with van der Waals surface area (Å²) in [6.45, 7) is -1.06. The number of carbonyl (C=O) groups is 4. The maximum absolute atomic E-state index is 11.6. The highest BCUT2D eigenvalue weighted by molar-refractivity contribution is 5.91. The summed E-state index contributed by atoms with van der Waals surface area (Å²) >= 11 is 0. The van der Waals surface area contributed by atoms with E-state index in [2.05, 4.69) is 9.47 Å². The molecule has 0 aromatic rings. The van der Waals surface area contributed by atoms with Crippen molar-refractivity contribution >= 4 is 23.9 Å². The molecule has 0 unspecified atom stereocenters. The van der Waals surface area contributed by atoms with Gasteiger partial charge in [-0.1, -0.05) is 0 Å². The molecule has 0 spiro atoms. The third-order valence-corrected chi connectivity index (χ3v) is 3.15. The largest absolute Gasteiger partial charge is 0.505 e. The summed E-state index contributed by atoms with van der Waals surface area (Å²) < 4.78 is 8.67. The van der Waals surface area contributed by atoms with Gasteiger partial charge in [-0.3, -0.25) is 4.79 Å². The van der Waals surface area contributed by atoms with Crippen LogP contribution in [-0.4, -0.2) is 90.1 Å². The zero-order valence-electron chi connectivity index (χ0n) is 12.2. The second-order valence-electron chi connectivity index (χ2n) is 4.96. The SMILES string of the molecule is O=C(O)C[C@@](O)(C(=O)O)[C@@H](O)C(=O)OC[C@H](O)[C@H]1OC(=O)C(O)=C1O. The molecule has 0 fully saturated rings. The first-order valence-corrected chi connectivity index (χ1v) is 6.45. The normalized spacial score (nSPS) is 21.9. The Morgan fingerprint density at radius 1 is 1.20 bits per heavy atom. The van der Waals surface area contributed by atoms with Gasteiger partial charge >= 0.3 is 23.9 Å². The molecule has 1 heterocycles. The minimum atomic E-state index is -3.39. The molecular weight excluding hydrogens is 352 g/mol. The third-order valence-electron chi connectivity index (χ3n) is 3.15. The number of carboxylic acid groups (broad SMARTS) is 2. The fourth-order valence-corrected chi connectivity index (χ4v) is 1.78. The first kappa shape index (κ1) is 20.1. The van der Waals surface area contributed by atoms with E-state index in [9.17, 15) is 39.6 Å². The molecule has 0 saturated heterocycles. The van der Waals surface area contributed by atoms with Gasteiger partial charge in [0, 0.05) is 0 Å². The molecule has 140 valence electrons. The van der Waals surface area contributed by atoms with E-state index in [1.54, 1.807) is 0 Å². The summed E-state index contributed by atoms with van der Waals surface area (Å²) in [6, 6.07) is 0. The quantitative estimate of drug-likeness (QED) is 0.210. The van der Waals surface area contributed by atoms with Gasteiger partial charge in [0.15, 0.2) is 18.0 Å². The van der Waals surface area contributed by atoms with E-state index in [4.69, 9.17) is 15.3 Å². The molecule has 0 amide bonds. The third kappa shape index (κ3) is 4.14. The average Bonchev–Trinajstić information content (AvgIpc) is 2.78. The highest BCUT2D eigenvalue weighted by Crippen LogP contribution is 2.22. The van der Waals surface area contributed by atoms with E-state index in [0.717, 1.165) is 0 Å². The van der Waals surface area contributed by atoms with E-state index in [1.165, 1.54) is 0 Å². The van der Waals surface area contributed by atoms with E-state index in [0.29, 0.717) is 0 Å². The summed E-state index contributed by atoms with van der Waals surface area (Å²) in [5.41, 5.74) is -3.39. The lowest BCUT2D eigenvalue weighted by molar-refractivity contribution is -0.192. The van der Waals surface area contributed by atoms with Gasteiger partial charge in [0.05, 0.1) is 6.42 Å². The summed E-state index contributed by atoms with van der Waals surface area (Å²) in [4.78, 5) is 44.0. The molecule has 1 rings (SSSR count). The number of hydrogen-bond acceptors (Lipinski definition) is 11. The Hall–Kier alpha value is -2.90. The van der Waals surface area contributed by atoms with E-state index < -0.39 is 72.3 Å². The molecule has 13 heteroatoms. The molecule has 7 N–H and O–H groups in total. The highest BCUT2D eigenvalue weighted by atomic mass is 16.6. The van der Waals surface area contributed by atoms with Crippen molar-refractivity contribution in [3.8, 4) is 0 Å². The first-order valence-electron chi connectivity index (χ1n) is 6.45. The van der Waals surface area contributed by atoms with Gasteiger partial charge in [-0.25, -0.2) is 14.4 Å². The zero-order valence-corrected chi connectivity index (χ0v) is 12.2. The zero-order chi connectivity index (χ0) is 19.5. The van der Waals surface area contributed by atoms with Gasteiger partial charge in [0.2, 0.25) is 11.4 Å². The molecule has 4 atom stereocenters. The lowest BCUT2D eigenvalue weighted by Gasteiger charge is -2.26. The molecular formula is C12H14O13. The van der Waals surface area contributed by atoms with Crippen LogP contribution in [0.5, 0.6) is 0 Å². The van der Waals surface area contributed by atoms with Crippen LogP contribution in [0.2, 0.25) is 0 Å². The predicted octanol–water partition coefficient (Wildman–Crippen LogP) is -3.21. The van der Waals surface area contributed by atoms with Crippen LogP contribution >= 0.6 is 0 Å². The Balaban J connectivity index is 2.74. The minimum Gasteiger partial charge on any atom is -0.505 e. The van der Waals surface area contributed by atoms with Crippen LogP contribution in [0.1, 0.15) is 6.42 Å². The van der Waals surface area contributed by atoms with Gasteiger partial charge in [-0.05, 0) is 0 Å². The predicted molar refractivity (Wildman–Crippen MR) is 70.0 cm³/mol. The monoisotopic (exact) mass is 366 g/mol. The number of ether oxygens (including phenoxy) is 2. The molecule has 0 radical (unpaired) electrons. The van der Waals surface area contributed by atoms with Crippen molar-refractivity contribution in [3.05, 3.63) is 11.5 Å². The second kappa shape index (κ2) is 7.33. The number of hydrogen-bond donors (Lipinski definition) is 7. The Morgan fingerprint density at radius 3 is 2.16 bits per heavy atom. The van der Waals surface area contributed by atoms with E-state index in [1.807, 2.05) is 0 Å². The van der Waals surface area contributed by atoms with Crippen LogP contribution in [-0.2, 0) is 28.7 Å². The standard InChI is InChI=1S/C12H14O13/c13-3(7-5(16)6(17)9(19)25-7)2-24-10(20)8(18)12(23,11(21)22)1-4(14)15/h3,7-8,13,16-18,23H,1-2H2,(H,14,15)(H,21,22)/t3-,7+,8-,12-/m0/s1. The number of esters is 2. The number of carbonyl (C=O) groups excluding carboxylic acids is 2. The second-order valence-corrected chi connectivity index (χ2v) is 4.96. The molecule has 0 saturated carbocycles. The number of rotatable bonds is 8. The fraction of sp³-hybridized carbons (Fsp3) is 0.500. The lowest BCUT2D eigenvalue weighted by atomic mass is 9.93. The van der Waals surface area contributed by atoms with Crippen molar-refractivity contribution in [1.29, 1.82) is 0 Å². The average molecular weight is 366 g/mol. The molecule has 0 aliphatic carbocycles. The maximum atomic E-state index is 11.6. The summed E-state index contributed by atoms with van der Waals surface area (Å²) in [6.07, 6.45) is -8.05. The molecule has 25 heavy (non-hydrogen) atoms. The summed E-state index contributed by atoms with van der Waals surface area (Å²) in [7, 11) is 0. The van der Waals surface area contributed by atoms with Crippen LogP contribution in [0.4, 0.5) is 0 Å². The fourth-order valence-electron chi connectivity index (χ4n) is 1.78. The molecule has 1 aliphatic heterocycles. The van der Waals surface area contributed by atoms with Crippen LogP contribution in [0.15, 0.2) is 11.5 Å². The number of aliphatic carboxylic acids is 2. The van der Waals surface area contributed by atoms with Gasteiger partial charge in [0.25, 0.3) is 0 Å². The highest BCUT2D eigenvalue weighted by Gasteiger charge is 2.50. The lowest BCUT2D eigenvalue weighted by Crippen LogP contribution is -2.55. The van der Waals surface area contributed by atoms with Gasteiger partial charge in [0.1, 0.15) is 12.7 Å². The topological polar surface area (TPSA) is 228 Å². The van der Waals surface area contributed by atoms with E-state index in [-0.39, 0.29) is 0 Å². The number of aliphatic hydroxyl groups is 5. The molecule has 0 aromatic heterocycles. The molecule has 1 aliphatic rings. The maximum Gasteiger partial charge on any atom is 0.377 e. The van der Waals surface area contributed by atoms with Crippen LogP contribution in [0.3, 0.4) is 0 Å². The smallest absolute Gasteiger partial charge is 0.377 e. The molecule has 13 nitrogen and oxygen atoms in total. The molecule has 0 bridgehead atoms. The Bertz CT molecular complexity index is 622. The Morgan fingerprint density at radius 2 is 1.76 bits per heavy atom. The van der Waals surface area contributed by atoms with Crippen molar-refractivity contribution in [2.75, 3.05) is 6.61 Å². The van der Waals surface area contributed by atoms with E-state index >= 15 is 0 Å². The minimum absolute atomic E-state index is 1.04. The van der Waals surface area contributed by atoms with Crippen LogP contribution in [0.25, 0.3) is 0 Å². The van der Waals surface area contributed by atoms with Crippen molar-refractivity contribution in [3.63, 3.8) is 0 Å². The van der Waals surface area contributed by atoms with Crippen molar-refractivity contribution in [2.45, 2.75) is 30.3 Å². The number of carboxylic acids is 2. The Kier molecular flexibility index (Phi) is 5.91. The number of cyclic esters (lactones) is 1. The molecule has 0 aromatic carbocycles. The summed E-state index contributed by atoms with van der Waals surface area (Å²) in [5, 5.41) is 64.5. The van der Waals surface area contributed by atoms with Crippen LogP contribution in [0, 0.1) is 0 Å². The van der Waals surface area contributed by atoms with Gasteiger partial charge in [-0.2, -0.15) is 0 Å². The van der Waals surface area contributed by atoms with Crippen molar-refractivity contribution < 1.29 is 64.4 Å². The van der Waals surface area contributed by atoms with Crippen molar-refractivity contribution in [1.82, 2.24) is 0 Å².